The Balaban J connectivity index is 1.91. The van der Waals surface area contributed by atoms with Crippen LogP contribution in [0, 0.1) is 0 Å². The lowest BCUT2D eigenvalue weighted by Crippen LogP contribution is -2.16. The fourth-order valence-electron chi connectivity index (χ4n) is 2.97. The van der Waals surface area contributed by atoms with E-state index in [1.165, 1.54) is 16.9 Å². The third-order valence-corrected chi connectivity index (χ3v) is 4.51. The molecule has 0 radical (unpaired) electrons. The van der Waals surface area contributed by atoms with Crippen LogP contribution in [-0.2, 0) is 12.6 Å². The molecule has 0 saturated carbocycles. The quantitative estimate of drug-likeness (QED) is 0.636. The zero-order valence-corrected chi connectivity index (χ0v) is 16.3. The van der Waals surface area contributed by atoms with Gasteiger partial charge in [0.15, 0.2) is 5.82 Å². The first-order chi connectivity index (χ1) is 13.7. The summed E-state index contributed by atoms with van der Waals surface area (Å²) in [5.41, 5.74) is 1.89. The highest BCUT2D eigenvalue weighted by atomic mass is 19.4. The summed E-state index contributed by atoms with van der Waals surface area (Å²) in [7, 11) is 0. The molecule has 5 nitrogen and oxygen atoms in total. The Morgan fingerprint density at radius 1 is 1.10 bits per heavy atom. The number of carbonyl (C=O) groups excluding carboxylic acids is 1. The van der Waals surface area contributed by atoms with Gasteiger partial charge in [0.25, 0.3) is 5.91 Å². The van der Waals surface area contributed by atoms with Crippen molar-refractivity contribution in [2.75, 3.05) is 5.32 Å². The third-order valence-electron chi connectivity index (χ3n) is 4.51. The van der Waals surface area contributed by atoms with E-state index in [0.29, 0.717) is 16.9 Å². The van der Waals surface area contributed by atoms with Gasteiger partial charge in [0.2, 0.25) is 0 Å². The minimum Gasteiger partial charge on any atom is -0.322 e. The lowest BCUT2D eigenvalue weighted by molar-refractivity contribution is -0.137. The number of hydrogen-bond acceptors (Lipinski definition) is 3. The van der Waals surface area contributed by atoms with Crippen molar-refractivity contribution in [1.82, 2.24) is 14.8 Å². The van der Waals surface area contributed by atoms with Crippen LogP contribution < -0.4 is 5.32 Å². The van der Waals surface area contributed by atoms with Crippen LogP contribution in [0.15, 0.2) is 48.8 Å². The molecule has 1 aromatic carbocycles. The van der Waals surface area contributed by atoms with Crippen molar-refractivity contribution in [3.8, 4) is 5.82 Å². The summed E-state index contributed by atoms with van der Waals surface area (Å²) in [5, 5.41) is 7.04. The first-order valence-electron chi connectivity index (χ1n) is 9.22. The monoisotopic (exact) mass is 402 g/mol. The number of halogens is 3. The lowest BCUT2D eigenvalue weighted by atomic mass is 10.0. The van der Waals surface area contributed by atoms with E-state index in [-0.39, 0.29) is 17.6 Å². The highest BCUT2D eigenvalue weighted by molar-refractivity contribution is 6.05. The third kappa shape index (κ3) is 4.47. The number of pyridine rings is 1. The van der Waals surface area contributed by atoms with Crippen LogP contribution in [0.25, 0.3) is 5.82 Å². The van der Waals surface area contributed by atoms with Crippen molar-refractivity contribution < 1.29 is 18.0 Å². The highest BCUT2D eigenvalue weighted by Crippen LogP contribution is 2.29. The number of carbonyl (C=O) groups is 1. The van der Waals surface area contributed by atoms with Crippen LogP contribution in [-0.4, -0.2) is 20.7 Å². The zero-order chi connectivity index (χ0) is 21.2. The minimum absolute atomic E-state index is 0.107. The Labute approximate surface area is 166 Å². The molecule has 152 valence electrons. The first kappa shape index (κ1) is 20.6. The van der Waals surface area contributed by atoms with Crippen molar-refractivity contribution in [3.63, 3.8) is 0 Å². The largest absolute Gasteiger partial charge is 0.417 e. The van der Waals surface area contributed by atoms with Crippen LogP contribution in [0.3, 0.4) is 0 Å². The van der Waals surface area contributed by atoms with Crippen LogP contribution in [0.5, 0.6) is 0 Å². The molecule has 2 aromatic heterocycles. The number of aryl methyl sites for hydroxylation is 1. The van der Waals surface area contributed by atoms with Gasteiger partial charge >= 0.3 is 6.18 Å². The van der Waals surface area contributed by atoms with E-state index >= 15 is 0 Å². The summed E-state index contributed by atoms with van der Waals surface area (Å²) in [5.74, 6) is -0.228. The molecule has 8 heteroatoms. The highest BCUT2D eigenvalue weighted by Gasteiger charge is 2.31. The van der Waals surface area contributed by atoms with E-state index in [1.54, 1.807) is 0 Å². The Morgan fingerprint density at radius 2 is 1.79 bits per heavy atom. The predicted octanol–water partition coefficient (Wildman–Crippen LogP) is 5.22. The van der Waals surface area contributed by atoms with Gasteiger partial charge < -0.3 is 5.32 Å². The van der Waals surface area contributed by atoms with E-state index in [1.807, 2.05) is 45.0 Å². The summed E-state index contributed by atoms with van der Waals surface area (Å²) in [4.78, 5) is 16.7. The molecule has 0 atom stereocenters. The zero-order valence-electron chi connectivity index (χ0n) is 16.3. The number of aromatic nitrogens is 3. The fourth-order valence-corrected chi connectivity index (χ4v) is 2.97. The van der Waals surface area contributed by atoms with Crippen LogP contribution in [0.2, 0.25) is 0 Å². The maximum absolute atomic E-state index is 12.8. The van der Waals surface area contributed by atoms with E-state index < -0.39 is 11.7 Å². The van der Waals surface area contributed by atoms with Crippen LogP contribution >= 0.6 is 0 Å². The van der Waals surface area contributed by atoms with Gasteiger partial charge in [-0.25, -0.2) is 9.67 Å². The van der Waals surface area contributed by atoms with Crippen molar-refractivity contribution in [2.45, 2.75) is 39.3 Å². The summed E-state index contributed by atoms with van der Waals surface area (Å²) in [6.45, 7) is 5.81. The van der Waals surface area contributed by atoms with Crippen LogP contribution in [0.4, 0.5) is 18.9 Å². The molecule has 0 bridgehead atoms. The molecule has 2 heterocycles. The molecule has 0 aliphatic rings. The van der Waals surface area contributed by atoms with Gasteiger partial charge in [-0.05, 0) is 42.2 Å². The van der Waals surface area contributed by atoms with E-state index in [2.05, 4.69) is 15.4 Å². The predicted molar refractivity (Wildman–Crippen MR) is 104 cm³/mol. The van der Waals surface area contributed by atoms with E-state index in [9.17, 15) is 18.0 Å². The summed E-state index contributed by atoms with van der Waals surface area (Å²) in [6, 6.07) is 9.72. The Kier molecular flexibility index (Phi) is 5.72. The first-order valence-corrected chi connectivity index (χ1v) is 9.22. The number of nitrogens with one attached hydrogen (secondary N) is 1. The SMILES string of the molecule is CCc1ccc(NC(=O)c2cnn(-c3ccc(C(F)(F)F)cn3)c2C(C)C)cc1. The minimum atomic E-state index is -4.46. The van der Waals surface area contributed by atoms with Gasteiger partial charge in [-0.2, -0.15) is 18.3 Å². The van der Waals surface area contributed by atoms with Crippen molar-refractivity contribution in [3.05, 3.63) is 71.2 Å². The standard InChI is InChI=1S/C21H21F3N4O/c1-4-14-5-8-16(9-6-14)27-20(29)17-12-26-28(19(17)13(2)3)18-10-7-15(11-25-18)21(22,23)24/h5-13H,4H2,1-3H3,(H,27,29). The Hall–Kier alpha value is -3.16. The normalized spacial score (nSPS) is 11.7. The molecule has 3 rings (SSSR count). The number of nitrogens with zero attached hydrogens (tertiary/aromatic N) is 3. The summed E-state index contributed by atoms with van der Waals surface area (Å²) < 4.78 is 39.7. The van der Waals surface area contributed by atoms with E-state index in [4.69, 9.17) is 0 Å². The molecular weight excluding hydrogens is 381 g/mol. The maximum Gasteiger partial charge on any atom is 0.417 e. The lowest BCUT2D eigenvalue weighted by Gasteiger charge is -2.13. The average molecular weight is 402 g/mol. The smallest absolute Gasteiger partial charge is 0.322 e. The maximum atomic E-state index is 12.8. The Morgan fingerprint density at radius 3 is 2.31 bits per heavy atom. The molecule has 29 heavy (non-hydrogen) atoms. The molecule has 0 saturated heterocycles. The molecule has 3 aromatic rings. The number of hydrogen-bond donors (Lipinski definition) is 1. The van der Waals surface area contributed by atoms with Gasteiger partial charge in [-0.15, -0.1) is 0 Å². The number of benzene rings is 1. The van der Waals surface area contributed by atoms with Crippen molar-refractivity contribution >= 4 is 11.6 Å². The molecule has 0 aliphatic carbocycles. The molecule has 1 amide bonds. The van der Waals surface area contributed by atoms with Crippen LogP contribution in [0.1, 0.15) is 53.9 Å². The molecular formula is C21H21F3N4O. The van der Waals surface area contributed by atoms with Gasteiger partial charge in [0.05, 0.1) is 23.0 Å². The molecule has 0 fully saturated rings. The fraction of sp³-hybridized carbons (Fsp3) is 0.286. The van der Waals surface area contributed by atoms with E-state index in [0.717, 1.165) is 24.2 Å². The number of alkyl halides is 3. The van der Waals surface area contributed by atoms with Gasteiger partial charge in [-0.1, -0.05) is 32.9 Å². The second-order valence-corrected chi connectivity index (χ2v) is 6.92. The second kappa shape index (κ2) is 8.06. The van der Waals surface area contributed by atoms with Gasteiger partial charge in [-0.3, -0.25) is 4.79 Å². The number of amides is 1. The van der Waals surface area contributed by atoms with Crippen molar-refractivity contribution in [1.29, 1.82) is 0 Å². The van der Waals surface area contributed by atoms with Gasteiger partial charge in [0, 0.05) is 11.9 Å². The average Bonchev–Trinajstić information content (AvgIpc) is 3.13. The molecule has 0 unspecified atom stereocenters. The molecule has 0 aliphatic heterocycles. The number of rotatable bonds is 5. The van der Waals surface area contributed by atoms with Gasteiger partial charge in [0.1, 0.15) is 0 Å². The van der Waals surface area contributed by atoms with Crippen molar-refractivity contribution in [2.24, 2.45) is 0 Å². The second-order valence-electron chi connectivity index (χ2n) is 6.92. The summed E-state index contributed by atoms with van der Waals surface area (Å²) >= 11 is 0. The topological polar surface area (TPSA) is 59.8 Å². The molecule has 1 N–H and O–H groups in total. The Bertz CT molecular complexity index is 990. The number of anilines is 1. The molecule has 0 spiro atoms. The summed E-state index contributed by atoms with van der Waals surface area (Å²) in [6.07, 6.45) is -1.39.